The van der Waals surface area contributed by atoms with Crippen molar-refractivity contribution in [2.75, 3.05) is 13.1 Å². The van der Waals surface area contributed by atoms with Crippen LogP contribution in [-0.2, 0) is 5.60 Å². The molecule has 5 heteroatoms. The Hall–Kier alpha value is -1.52. The summed E-state index contributed by atoms with van der Waals surface area (Å²) in [7, 11) is 0. The zero-order valence-electron chi connectivity index (χ0n) is 10.9. The molecule has 1 N–H and O–H groups in total. The van der Waals surface area contributed by atoms with E-state index >= 15 is 0 Å². The lowest BCUT2D eigenvalue weighted by Crippen LogP contribution is -2.46. The first-order valence-electron chi connectivity index (χ1n) is 6.66. The van der Waals surface area contributed by atoms with Crippen molar-refractivity contribution in [1.29, 1.82) is 0 Å². The average Bonchev–Trinajstić information content (AvgIpc) is 2.90. The minimum absolute atomic E-state index is 0. The van der Waals surface area contributed by atoms with Gasteiger partial charge in [-0.3, -0.25) is 0 Å². The number of halogens is 2. The van der Waals surface area contributed by atoms with Crippen LogP contribution in [-0.4, -0.2) is 17.7 Å². The van der Waals surface area contributed by atoms with Crippen LogP contribution in [0.15, 0.2) is 36.5 Å². The molecule has 1 saturated heterocycles. The smallest absolute Gasteiger partial charge is 0.152 e. The second kappa shape index (κ2) is 4.79. The van der Waals surface area contributed by atoms with E-state index in [2.05, 4.69) is 16.0 Å². The Morgan fingerprint density at radius 3 is 2.80 bits per heavy atom. The van der Waals surface area contributed by atoms with Gasteiger partial charge in [0.05, 0.1) is 11.4 Å². The number of rotatable bonds is 0. The Kier molecular flexibility index (Phi) is 3.22. The zero-order valence-corrected chi connectivity index (χ0v) is 11.8. The molecular formula is C15H16ClFN2O. The Morgan fingerprint density at radius 2 is 2.00 bits per heavy atom. The summed E-state index contributed by atoms with van der Waals surface area (Å²) in [6.45, 7) is 1.85. The molecule has 0 aliphatic carbocycles. The molecule has 1 aromatic carbocycles. The van der Waals surface area contributed by atoms with Crippen LogP contribution >= 0.6 is 12.4 Å². The maximum Gasteiger partial charge on any atom is 0.152 e. The second-order valence-electron chi connectivity index (χ2n) is 5.22. The van der Waals surface area contributed by atoms with Gasteiger partial charge in [0.2, 0.25) is 0 Å². The molecule has 0 bridgehead atoms. The highest BCUT2D eigenvalue weighted by molar-refractivity contribution is 5.85. The third-order valence-corrected chi connectivity index (χ3v) is 4.11. The van der Waals surface area contributed by atoms with Gasteiger partial charge in [-0.05, 0) is 37.4 Å². The quantitative estimate of drug-likeness (QED) is 0.808. The normalized spacial score (nSPS) is 18.6. The van der Waals surface area contributed by atoms with Crippen molar-refractivity contribution < 1.29 is 9.13 Å². The Morgan fingerprint density at radius 1 is 1.20 bits per heavy atom. The van der Waals surface area contributed by atoms with Gasteiger partial charge in [-0.2, -0.15) is 0 Å². The summed E-state index contributed by atoms with van der Waals surface area (Å²) in [6.07, 6.45) is 3.85. The first kappa shape index (κ1) is 13.5. The number of nitrogens with one attached hydrogen (secondary N) is 1. The van der Waals surface area contributed by atoms with Crippen molar-refractivity contribution in [2.24, 2.45) is 0 Å². The summed E-state index contributed by atoms with van der Waals surface area (Å²) in [5, 5.41) is 3.35. The maximum absolute atomic E-state index is 13.5. The number of hydrogen-bond acceptors (Lipinski definition) is 2. The monoisotopic (exact) mass is 294 g/mol. The van der Waals surface area contributed by atoms with Gasteiger partial charge >= 0.3 is 0 Å². The van der Waals surface area contributed by atoms with Gasteiger partial charge in [-0.1, -0.05) is 0 Å². The lowest BCUT2D eigenvalue weighted by molar-refractivity contribution is 0.0200. The SMILES string of the molecule is Cl.Fc1ccc2c(c1)OC1(CCNCC1)c1cccn1-2. The van der Waals surface area contributed by atoms with E-state index in [4.69, 9.17) is 4.74 Å². The van der Waals surface area contributed by atoms with E-state index in [1.54, 1.807) is 6.07 Å². The summed E-state index contributed by atoms with van der Waals surface area (Å²) in [5.74, 6) is 0.393. The number of fused-ring (bicyclic) bond motifs is 4. The summed E-state index contributed by atoms with van der Waals surface area (Å²) in [5.41, 5.74) is 1.79. The van der Waals surface area contributed by atoms with Crippen molar-refractivity contribution in [1.82, 2.24) is 9.88 Å². The van der Waals surface area contributed by atoms with Gasteiger partial charge in [0.25, 0.3) is 0 Å². The fraction of sp³-hybridized carbons (Fsp3) is 0.333. The minimum atomic E-state index is -0.310. The summed E-state index contributed by atoms with van der Waals surface area (Å²) >= 11 is 0. The maximum atomic E-state index is 13.5. The second-order valence-corrected chi connectivity index (χ2v) is 5.22. The van der Waals surface area contributed by atoms with Crippen LogP contribution in [0, 0.1) is 5.82 Å². The van der Waals surface area contributed by atoms with E-state index in [1.165, 1.54) is 17.8 Å². The number of aromatic nitrogens is 1. The Labute approximate surface area is 123 Å². The van der Waals surface area contributed by atoms with Gasteiger partial charge in [-0.15, -0.1) is 12.4 Å². The van der Waals surface area contributed by atoms with Crippen LogP contribution in [0.3, 0.4) is 0 Å². The molecular weight excluding hydrogens is 279 g/mol. The lowest BCUT2D eigenvalue weighted by Gasteiger charge is -2.42. The third-order valence-electron chi connectivity index (χ3n) is 4.11. The van der Waals surface area contributed by atoms with Crippen LogP contribution in [0.5, 0.6) is 5.75 Å². The average molecular weight is 295 g/mol. The first-order valence-corrected chi connectivity index (χ1v) is 6.66. The molecule has 20 heavy (non-hydrogen) atoms. The number of piperidine rings is 1. The molecule has 4 rings (SSSR count). The lowest BCUT2D eigenvalue weighted by atomic mass is 9.87. The van der Waals surface area contributed by atoms with Crippen LogP contribution in [0.25, 0.3) is 5.69 Å². The van der Waals surface area contributed by atoms with E-state index < -0.39 is 0 Å². The van der Waals surface area contributed by atoms with Gasteiger partial charge < -0.3 is 14.6 Å². The van der Waals surface area contributed by atoms with Gasteiger partial charge in [-0.25, -0.2) is 4.39 Å². The van der Waals surface area contributed by atoms with Crippen LogP contribution in [0.2, 0.25) is 0 Å². The fourth-order valence-electron chi connectivity index (χ4n) is 3.18. The predicted molar refractivity (Wildman–Crippen MR) is 77.4 cm³/mol. The van der Waals surface area contributed by atoms with Crippen molar-refractivity contribution >= 4 is 12.4 Å². The van der Waals surface area contributed by atoms with Crippen LogP contribution < -0.4 is 10.1 Å². The molecule has 3 nitrogen and oxygen atoms in total. The fourth-order valence-corrected chi connectivity index (χ4v) is 3.18. The Bertz CT molecular complexity index is 635. The molecule has 2 aliphatic heterocycles. The van der Waals surface area contributed by atoms with Crippen molar-refractivity contribution in [2.45, 2.75) is 18.4 Å². The highest BCUT2D eigenvalue weighted by atomic mass is 35.5. The van der Waals surface area contributed by atoms with E-state index in [9.17, 15) is 4.39 Å². The molecule has 0 saturated carbocycles. The summed E-state index contributed by atoms with van der Waals surface area (Å²) < 4.78 is 21.8. The number of benzene rings is 1. The largest absolute Gasteiger partial charge is 0.479 e. The summed E-state index contributed by atoms with van der Waals surface area (Å²) in [6, 6.07) is 8.88. The minimum Gasteiger partial charge on any atom is -0.479 e. The highest BCUT2D eigenvalue weighted by Gasteiger charge is 2.42. The van der Waals surface area contributed by atoms with Gasteiger partial charge in [0.1, 0.15) is 11.6 Å². The van der Waals surface area contributed by atoms with Gasteiger partial charge in [0, 0.05) is 25.1 Å². The molecule has 2 aromatic rings. The molecule has 0 atom stereocenters. The van der Waals surface area contributed by atoms with E-state index in [0.29, 0.717) is 5.75 Å². The van der Waals surface area contributed by atoms with Crippen LogP contribution in [0.1, 0.15) is 18.5 Å². The standard InChI is InChI=1S/C15H15FN2O.ClH/c16-11-3-4-12-13(10-11)19-15(5-7-17-8-6-15)14-2-1-9-18(12)14;/h1-4,9-10,17H,5-8H2;1H. The first-order chi connectivity index (χ1) is 9.28. The van der Waals surface area contributed by atoms with Crippen molar-refractivity contribution in [3.05, 3.63) is 48.0 Å². The predicted octanol–water partition coefficient (Wildman–Crippen LogP) is 3.01. The van der Waals surface area contributed by atoms with E-state index in [0.717, 1.165) is 31.6 Å². The number of ether oxygens (including phenoxy) is 1. The molecule has 0 unspecified atom stereocenters. The molecule has 1 aromatic heterocycles. The zero-order chi connectivity index (χ0) is 12.9. The number of nitrogens with zero attached hydrogens (tertiary/aromatic N) is 1. The topological polar surface area (TPSA) is 26.2 Å². The van der Waals surface area contributed by atoms with Gasteiger partial charge in [0.15, 0.2) is 5.60 Å². The molecule has 0 radical (unpaired) electrons. The molecule has 1 spiro atoms. The Balaban J connectivity index is 0.00000121. The molecule has 1 fully saturated rings. The van der Waals surface area contributed by atoms with Crippen molar-refractivity contribution in [3.8, 4) is 11.4 Å². The molecule has 3 heterocycles. The van der Waals surface area contributed by atoms with E-state index in [-0.39, 0.29) is 23.8 Å². The molecule has 2 aliphatic rings. The van der Waals surface area contributed by atoms with Crippen molar-refractivity contribution in [3.63, 3.8) is 0 Å². The third kappa shape index (κ3) is 1.83. The van der Waals surface area contributed by atoms with Crippen LogP contribution in [0.4, 0.5) is 4.39 Å². The number of hydrogen-bond donors (Lipinski definition) is 1. The summed E-state index contributed by atoms with van der Waals surface area (Å²) in [4.78, 5) is 0. The molecule has 106 valence electrons. The van der Waals surface area contributed by atoms with E-state index in [1.807, 2.05) is 12.3 Å². The highest BCUT2D eigenvalue weighted by Crippen LogP contribution is 2.44. The molecule has 0 amide bonds.